The Morgan fingerprint density at radius 2 is 1.75 bits per heavy atom. The maximum Gasteiger partial charge on any atom is 0.272 e. The zero-order valence-corrected chi connectivity index (χ0v) is 24.3. The SMILES string of the molecule is N#C[C@H](C[C@@H]1CC2(CC2)NC1=O)NC(=O)[C@H](CC1CC1)NC(=O)[C@H](Cc1cccc2ccccc12)NC(=O)c1cnccn1. The number of amides is 4. The van der Waals surface area contributed by atoms with E-state index in [9.17, 15) is 24.4 Å². The number of aromatic nitrogens is 2. The van der Waals surface area contributed by atoms with Crippen LogP contribution in [0.1, 0.15) is 61.0 Å². The molecular weight excluding hydrogens is 558 g/mol. The Kier molecular flexibility index (Phi) is 8.24. The number of hydrogen-bond acceptors (Lipinski definition) is 7. The zero-order valence-electron chi connectivity index (χ0n) is 24.3. The van der Waals surface area contributed by atoms with Crippen molar-refractivity contribution in [1.82, 2.24) is 31.2 Å². The molecule has 1 spiro atoms. The number of carbonyl (C=O) groups is 4. The number of nitriles is 1. The lowest BCUT2D eigenvalue weighted by atomic mass is 9.95. The van der Waals surface area contributed by atoms with Gasteiger partial charge in [-0.1, -0.05) is 55.3 Å². The minimum atomic E-state index is -1.02. The Balaban J connectivity index is 1.18. The van der Waals surface area contributed by atoms with E-state index in [4.69, 9.17) is 0 Å². The maximum absolute atomic E-state index is 13.9. The van der Waals surface area contributed by atoms with Crippen molar-refractivity contribution in [3.8, 4) is 6.07 Å². The van der Waals surface area contributed by atoms with Gasteiger partial charge in [0.05, 0.1) is 12.3 Å². The molecule has 3 fully saturated rings. The summed E-state index contributed by atoms with van der Waals surface area (Å²) < 4.78 is 0. The topological polar surface area (TPSA) is 166 Å². The van der Waals surface area contributed by atoms with Crippen LogP contribution in [0.2, 0.25) is 0 Å². The molecule has 0 unspecified atom stereocenters. The Hall–Kier alpha value is -4.85. The van der Waals surface area contributed by atoms with Gasteiger partial charge in [-0.05, 0) is 54.4 Å². The Bertz CT molecular complexity index is 1610. The van der Waals surface area contributed by atoms with Gasteiger partial charge in [-0.2, -0.15) is 5.26 Å². The summed E-state index contributed by atoms with van der Waals surface area (Å²) in [6, 6.07) is 12.9. The number of nitrogens with one attached hydrogen (secondary N) is 4. The maximum atomic E-state index is 13.9. The molecule has 4 atom stereocenters. The molecule has 0 bridgehead atoms. The summed E-state index contributed by atoms with van der Waals surface area (Å²) in [7, 11) is 0. The van der Waals surface area contributed by atoms with Gasteiger partial charge in [0.25, 0.3) is 5.91 Å². The van der Waals surface area contributed by atoms with E-state index in [0.717, 1.165) is 42.0 Å². The average molecular weight is 594 g/mol. The first kappa shape index (κ1) is 29.2. The van der Waals surface area contributed by atoms with Gasteiger partial charge in [0.15, 0.2) is 0 Å². The summed E-state index contributed by atoms with van der Waals surface area (Å²) in [4.78, 5) is 61.0. The molecule has 44 heavy (non-hydrogen) atoms. The van der Waals surface area contributed by atoms with Gasteiger partial charge in [-0.3, -0.25) is 24.2 Å². The second-order valence-corrected chi connectivity index (χ2v) is 12.3. The van der Waals surface area contributed by atoms with E-state index >= 15 is 0 Å². The normalized spacial score (nSPS) is 20.2. The summed E-state index contributed by atoms with van der Waals surface area (Å²) in [5.74, 6) is -1.67. The lowest BCUT2D eigenvalue weighted by Gasteiger charge is -2.25. The van der Waals surface area contributed by atoms with Crippen molar-refractivity contribution in [2.24, 2.45) is 11.8 Å². The van der Waals surface area contributed by atoms with E-state index in [1.54, 1.807) is 0 Å². The van der Waals surface area contributed by atoms with Gasteiger partial charge in [-0.15, -0.1) is 0 Å². The molecule has 1 aromatic heterocycles. The van der Waals surface area contributed by atoms with Crippen LogP contribution in [-0.4, -0.2) is 57.3 Å². The van der Waals surface area contributed by atoms with Crippen LogP contribution >= 0.6 is 0 Å². The Labute approximate surface area is 255 Å². The predicted octanol–water partition coefficient (Wildman–Crippen LogP) is 2.32. The molecule has 0 radical (unpaired) electrons. The number of rotatable bonds is 12. The molecular formula is C33H35N7O4. The van der Waals surface area contributed by atoms with Crippen LogP contribution in [0.15, 0.2) is 61.1 Å². The summed E-state index contributed by atoms with van der Waals surface area (Å²) in [5, 5.41) is 23.3. The smallest absolute Gasteiger partial charge is 0.272 e. The fourth-order valence-electron chi connectivity index (χ4n) is 6.09. The van der Waals surface area contributed by atoms with Crippen molar-refractivity contribution in [2.75, 3.05) is 0 Å². The highest BCUT2D eigenvalue weighted by Crippen LogP contribution is 2.46. The Morgan fingerprint density at radius 1 is 0.977 bits per heavy atom. The fourth-order valence-corrected chi connectivity index (χ4v) is 6.09. The van der Waals surface area contributed by atoms with Crippen molar-refractivity contribution >= 4 is 34.4 Å². The van der Waals surface area contributed by atoms with Gasteiger partial charge < -0.3 is 21.3 Å². The van der Waals surface area contributed by atoms with Gasteiger partial charge >= 0.3 is 0 Å². The average Bonchev–Trinajstić information content (AvgIpc) is 3.97. The largest absolute Gasteiger partial charge is 0.350 e. The summed E-state index contributed by atoms with van der Waals surface area (Å²) in [5.41, 5.74) is 0.804. The first-order valence-corrected chi connectivity index (χ1v) is 15.2. The van der Waals surface area contributed by atoms with E-state index in [2.05, 4.69) is 37.3 Å². The van der Waals surface area contributed by atoms with Crippen molar-refractivity contribution in [2.45, 2.75) is 75.0 Å². The van der Waals surface area contributed by atoms with Crippen molar-refractivity contribution < 1.29 is 19.2 Å². The van der Waals surface area contributed by atoms with E-state index < -0.39 is 35.8 Å². The summed E-state index contributed by atoms with van der Waals surface area (Å²) >= 11 is 0. The number of carbonyl (C=O) groups excluding carboxylic acids is 4. The van der Waals surface area contributed by atoms with Crippen LogP contribution in [0.3, 0.4) is 0 Å². The van der Waals surface area contributed by atoms with Crippen molar-refractivity contribution in [1.29, 1.82) is 5.26 Å². The van der Waals surface area contributed by atoms with Crippen LogP contribution in [0, 0.1) is 23.2 Å². The molecule has 6 rings (SSSR count). The molecule has 3 aromatic rings. The van der Waals surface area contributed by atoms with Crippen molar-refractivity contribution in [3.05, 3.63) is 72.3 Å². The third-order valence-electron chi connectivity index (χ3n) is 8.86. The van der Waals surface area contributed by atoms with Gasteiger partial charge in [0, 0.05) is 30.3 Å². The van der Waals surface area contributed by atoms with Crippen LogP contribution in [0.5, 0.6) is 0 Å². The molecule has 4 N–H and O–H groups in total. The van der Waals surface area contributed by atoms with E-state index in [1.807, 2.05) is 42.5 Å². The lowest BCUT2D eigenvalue weighted by molar-refractivity contribution is -0.130. The molecule has 2 aliphatic carbocycles. The zero-order chi connectivity index (χ0) is 30.7. The monoisotopic (exact) mass is 593 g/mol. The highest BCUT2D eigenvalue weighted by molar-refractivity contribution is 5.97. The number of nitrogens with zero attached hydrogens (tertiary/aromatic N) is 3. The minimum Gasteiger partial charge on any atom is -0.350 e. The molecule has 11 nitrogen and oxygen atoms in total. The summed E-state index contributed by atoms with van der Waals surface area (Å²) in [6.45, 7) is 0. The molecule has 2 saturated carbocycles. The van der Waals surface area contributed by atoms with E-state index in [1.165, 1.54) is 18.6 Å². The number of benzene rings is 2. The third kappa shape index (κ3) is 6.86. The van der Waals surface area contributed by atoms with Crippen LogP contribution in [0.4, 0.5) is 0 Å². The van der Waals surface area contributed by atoms with Gasteiger partial charge in [0.1, 0.15) is 23.8 Å². The second-order valence-electron chi connectivity index (χ2n) is 12.3. The first-order chi connectivity index (χ1) is 21.3. The molecule has 3 aliphatic rings. The van der Waals surface area contributed by atoms with Gasteiger partial charge in [-0.25, -0.2) is 4.98 Å². The molecule has 4 amide bonds. The first-order valence-electron chi connectivity index (χ1n) is 15.2. The number of fused-ring (bicyclic) bond motifs is 1. The predicted molar refractivity (Wildman–Crippen MR) is 161 cm³/mol. The molecule has 2 aromatic carbocycles. The second kappa shape index (κ2) is 12.4. The molecule has 1 saturated heterocycles. The molecule has 2 heterocycles. The van der Waals surface area contributed by atoms with E-state index in [0.29, 0.717) is 12.8 Å². The standard InChI is InChI=1S/C33H35N7O4/c34-18-24(15-23-17-33(10-11-33)40-29(23)41)37-30(42)26(14-20-8-9-20)38-31(43)27(39-32(44)28-19-35-12-13-36-28)16-22-6-3-5-21-4-1-2-7-25(21)22/h1-7,12-13,19-20,23-24,26-27H,8-11,14-17H2,(H,37,42)(H,38,43)(H,39,44)(H,40,41)/t23-,24+,26+,27+/m1/s1. The van der Waals surface area contributed by atoms with Crippen LogP contribution in [-0.2, 0) is 20.8 Å². The minimum absolute atomic E-state index is 0.0660. The van der Waals surface area contributed by atoms with Crippen LogP contribution < -0.4 is 21.3 Å². The van der Waals surface area contributed by atoms with E-state index in [-0.39, 0.29) is 41.8 Å². The molecule has 11 heteroatoms. The molecule has 226 valence electrons. The summed E-state index contributed by atoms with van der Waals surface area (Å²) in [6.07, 6.45) is 9.46. The third-order valence-corrected chi connectivity index (χ3v) is 8.86. The van der Waals surface area contributed by atoms with Gasteiger partial charge in [0.2, 0.25) is 17.7 Å². The van der Waals surface area contributed by atoms with Crippen LogP contribution in [0.25, 0.3) is 10.8 Å². The molecule has 1 aliphatic heterocycles. The van der Waals surface area contributed by atoms with Crippen molar-refractivity contribution in [3.63, 3.8) is 0 Å². The fraction of sp³-hybridized carbons (Fsp3) is 0.424. The quantitative estimate of drug-likeness (QED) is 0.250. The lowest BCUT2D eigenvalue weighted by Crippen LogP contribution is -2.55. The number of hydrogen-bond donors (Lipinski definition) is 4. The highest BCUT2D eigenvalue weighted by Gasteiger charge is 2.52. The Morgan fingerprint density at radius 3 is 2.45 bits per heavy atom. The highest BCUT2D eigenvalue weighted by atomic mass is 16.2.